The van der Waals surface area contributed by atoms with Gasteiger partial charge in [0.1, 0.15) is 5.01 Å². The summed E-state index contributed by atoms with van der Waals surface area (Å²) in [6.45, 7) is 0.260. The molecule has 6 nitrogen and oxygen atoms in total. The van der Waals surface area contributed by atoms with E-state index < -0.39 is 5.97 Å². The van der Waals surface area contributed by atoms with Gasteiger partial charge in [-0.1, -0.05) is 0 Å². The number of carbonyl (C=O) groups excluding carboxylic acids is 1. The average Bonchev–Trinajstić information content (AvgIpc) is 2.80. The Labute approximate surface area is 114 Å². The van der Waals surface area contributed by atoms with Crippen LogP contribution in [0.25, 0.3) is 0 Å². The molecule has 1 amide bonds. The smallest absolute Gasteiger partial charge is 0.355 e. The van der Waals surface area contributed by atoms with Crippen molar-refractivity contribution in [1.82, 2.24) is 10.3 Å². The molecule has 1 aliphatic rings. The van der Waals surface area contributed by atoms with Gasteiger partial charge in [-0.05, 0) is 19.3 Å². The molecule has 2 N–H and O–H groups in total. The van der Waals surface area contributed by atoms with Crippen LogP contribution in [-0.2, 0) is 16.1 Å². The van der Waals surface area contributed by atoms with Gasteiger partial charge in [0.05, 0.1) is 18.6 Å². The molecule has 0 atom stereocenters. The first-order valence-corrected chi connectivity index (χ1v) is 6.92. The predicted molar refractivity (Wildman–Crippen MR) is 69.1 cm³/mol. The van der Waals surface area contributed by atoms with Gasteiger partial charge in [0.15, 0.2) is 5.69 Å². The van der Waals surface area contributed by atoms with Gasteiger partial charge in [-0.15, -0.1) is 11.3 Å². The highest BCUT2D eigenvalue weighted by Gasteiger charge is 2.38. The lowest BCUT2D eigenvalue weighted by Crippen LogP contribution is -2.43. The quantitative estimate of drug-likeness (QED) is 0.824. The second kappa shape index (κ2) is 5.66. The molecule has 1 saturated carbocycles. The van der Waals surface area contributed by atoms with Gasteiger partial charge in [0, 0.05) is 12.5 Å². The molecular formula is C12H16N2O4S. The van der Waals surface area contributed by atoms with Gasteiger partial charge in [-0.3, -0.25) is 4.79 Å². The van der Waals surface area contributed by atoms with Crippen LogP contribution in [0.2, 0.25) is 0 Å². The van der Waals surface area contributed by atoms with Crippen LogP contribution in [0.5, 0.6) is 0 Å². The van der Waals surface area contributed by atoms with E-state index in [0.29, 0.717) is 11.4 Å². The summed E-state index contributed by atoms with van der Waals surface area (Å²) in [7, 11) is 1.63. The van der Waals surface area contributed by atoms with E-state index in [1.165, 1.54) is 16.7 Å². The zero-order valence-electron chi connectivity index (χ0n) is 10.6. The van der Waals surface area contributed by atoms with Crippen LogP contribution in [0.15, 0.2) is 5.38 Å². The van der Waals surface area contributed by atoms with Crippen LogP contribution in [0.4, 0.5) is 0 Å². The van der Waals surface area contributed by atoms with Crippen molar-refractivity contribution in [2.75, 3.05) is 7.11 Å². The number of aromatic nitrogens is 1. The Kier molecular flexibility index (Phi) is 4.16. The van der Waals surface area contributed by atoms with Crippen molar-refractivity contribution in [3.63, 3.8) is 0 Å². The number of rotatable bonds is 6. The Balaban J connectivity index is 1.81. The summed E-state index contributed by atoms with van der Waals surface area (Å²) in [5.74, 6) is -1.14. The number of methoxy groups -OCH3 is 1. The molecule has 0 bridgehead atoms. The summed E-state index contributed by atoms with van der Waals surface area (Å²) < 4.78 is 5.38. The maximum absolute atomic E-state index is 11.8. The number of hydrogen-bond donors (Lipinski definition) is 2. The lowest BCUT2D eigenvalue weighted by atomic mass is 9.77. The summed E-state index contributed by atoms with van der Waals surface area (Å²) in [4.78, 5) is 26.4. The standard InChI is InChI=1S/C12H16N2O4S/c1-18-12(3-2-4-12)5-9(15)13-6-10-14-8(7-19-10)11(16)17/h7H,2-6H2,1H3,(H,13,15)(H,16,17). The molecule has 1 heterocycles. The van der Waals surface area contributed by atoms with E-state index in [0.717, 1.165) is 19.3 Å². The number of amides is 1. The predicted octanol–water partition coefficient (Wildman–Crippen LogP) is 1.42. The Morgan fingerprint density at radius 2 is 2.32 bits per heavy atom. The lowest BCUT2D eigenvalue weighted by Gasteiger charge is -2.39. The third-order valence-corrected chi connectivity index (χ3v) is 4.24. The van der Waals surface area contributed by atoms with Gasteiger partial charge in [-0.25, -0.2) is 9.78 Å². The fraction of sp³-hybridized carbons (Fsp3) is 0.583. The molecule has 104 valence electrons. The number of hydrogen-bond acceptors (Lipinski definition) is 5. The van der Waals surface area contributed by atoms with Crippen LogP contribution in [0.1, 0.15) is 41.2 Å². The van der Waals surface area contributed by atoms with E-state index in [1.807, 2.05) is 0 Å². The van der Waals surface area contributed by atoms with Crippen molar-refractivity contribution in [3.8, 4) is 0 Å². The zero-order valence-corrected chi connectivity index (χ0v) is 11.5. The summed E-state index contributed by atoms with van der Waals surface area (Å²) in [6, 6.07) is 0. The first kappa shape index (κ1) is 14.0. The first-order valence-electron chi connectivity index (χ1n) is 6.04. The summed E-state index contributed by atoms with van der Waals surface area (Å²) in [5.41, 5.74) is -0.277. The number of carboxylic acid groups (broad SMARTS) is 1. The largest absolute Gasteiger partial charge is 0.476 e. The third kappa shape index (κ3) is 3.30. The molecule has 0 aliphatic heterocycles. The number of nitrogens with one attached hydrogen (secondary N) is 1. The molecule has 2 rings (SSSR count). The van der Waals surface area contributed by atoms with Crippen molar-refractivity contribution < 1.29 is 19.4 Å². The fourth-order valence-electron chi connectivity index (χ4n) is 2.04. The molecular weight excluding hydrogens is 268 g/mol. The van der Waals surface area contributed by atoms with E-state index in [9.17, 15) is 9.59 Å². The number of ether oxygens (including phenoxy) is 1. The molecule has 0 saturated heterocycles. The van der Waals surface area contributed by atoms with Crippen molar-refractivity contribution in [2.24, 2.45) is 0 Å². The molecule has 0 unspecified atom stereocenters. The number of nitrogens with zero attached hydrogens (tertiary/aromatic N) is 1. The van der Waals surface area contributed by atoms with Crippen LogP contribution >= 0.6 is 11.3 Å². The molecule has 0 radical (unpaired) electrons. The highest BCUT2D eigenvalue weighted by atomic mass is 32.1. The summed E-state index contributed by atoms with van der Waals surface area (Å²) in [5, 5.41) is 13.5. The molecule has 19 heavy (non-hydrogen) atoms. The SMILES string of the molecule is COC1(CC(=O)NCc2nc(C(=O)O)cs2)CCC1. The van der Waals surface area contributed by atoms with Crippen molar-refractivity contribution in [1.29, 1.82) is 0 Å². The van der Waals surface area contributed by atoms with E-state index in [-0.39, 0.29) is 23.7 Å². The van der Waals surface area contributed by atoms with Gasteiger partial charge >= 0.3 is 5.97 Å². The van der Waals surface area contributed by atoms with E-state index in [4.69, 9.17) is 9.84 Å². The Bertz CT molecular complexity index is 476. The van der Waals surface area contributed by atoms with Crippen molar-refractivity contribution in [3.05, 3.63) is 16.1 Å². The third-order valence-electron chi connectivity index (χ3n) is 3.39. The Hall–Kier alpha value is -1.47. The van der Waals surface area contributed by atoms with Gasteiger partial charge in [0.25, 0.3) is 0 Å². The Morgan fingerprint density at radius 1 is 1.58 bits per heavy atom. The van der Waals surface area contributed by atoms with E-state index in [2.05, 4.69) is 10.3 Å². The number of thiazole rings is 1. The summed E-state index contributed by atoms with van der Waals surface area (Å²) in [6.07, 6.45) is 3.27. The van der Waals surface area contributed by atoms with Gasteiger partial charge < -0.3 is 15.2 Å². The highest BCUT2D eigenvalue weighted by Crippen LogP contribution is 2.37. The molecule has 7 heteroatoms. The second-order valence-corrected chi connectivity index (χ2v) is 5.57. The van der Waals surface area contributed by atoms with Crippen molar-refractivity contribution in [2.45, 2.75) is 37.8 Å². The second-order valence-electron chi connectivity index (χ2n) is 4.63. The normalized spacial score (nSPS) is 16.7. The highest BCUT2D eigenvalue weighted by molar-refractivity contribution is 7.09. The number of carboxylic acids is 1. The van der Waals surface area contributed by atoms with Crippen LogP contribution in [-0.4, -0.2) is 34.7 Å². The number of carbonyl (C=O) groups is 2. The van der Waals surface area contributed by atoms with E-state index >= 15 is 0 Å². The van der Waals surface area contributed by atoms with Gasteiger partial charge in [0.2, 0.25) is 5.91 Å². The molecule has 0 spiro atoms. The van der Waals surface area contributed by atoms with Crippen LogP contribution < -0.4 is 5.32 Å². The molecule has 1 aliphatic carbocycles. The minimum absolute atomic E-state index is 0.0154. The molecule has 1 aromatic heterocycles. The van der Waals surface area contributed by atoms with Crippen LogP contribution in [0, 0.1) is 0 Å². The van der Waals surface area contributed by atoms with Crippen LogP contribution in [0.3, 0.4) is 0 Å². The fourth-order valence-corrected chi connectivity index (χ4v) is 2.75. The lowest BCUT2D eigenvalue weighted by molar-refractivity contribution is -0.134. The number of aromatic carboxylic acids is 1. The molecule has 0 aromatic carbocycles. The Morgan fingerprint density at radius 3 is 2.79 bits per heavy atom. The maximum atomic E-state index is 11.8. The molecule has 1 fully saturated rings. The van der Waals surface area contributed by atoms with Crippen molar-refractivity contribution >= 4 is 23.2 Å². The maximum Gasteiger partial charge on any atom is 0.355 e. The first-order chi connectivity index (χ1) is 9.04. The minimum atomic E-state index is -1.05. The monoisotopic (exact) mass is 284 g/mol. The van der Waals surface area contributed by atoms with Gasteiger partial charge in [-0.2, -0.15) is 0 Å². The topological polar surface area (TPSA) is 88.5 Å². The molecule has 1 aromatic rings. The van der Waals surface area contributed by atoms with E-state index in [1.54, 1.807) is 7.11 Å². The zero-order chi connectivity index (χ0) is 13.9. The average molecular weight is 284 g/mol. The summed E-state index contributed by atoms with van der Waals surface area (Å²) >= 11 is 1.23. The minimum Gasteiger partial charge on any atom is -0.476 e.